The molecule has 0 amide bonds. The number of thioether (sulfide) groups is 1. The fourth-order valence-corrected chi connectivity index (χ4v) is 2.90. The van der Waals surface area contributed by atoms with Gasteiger partial charge in [0, 0.05) is 10.3 Å². The van der Waals surface area contributed by atoms with Crippen LogP contribution in [-0.4, -0.2) is 11.5 Å². The largest absolute Gasteiger partial charge is 0.422 e. The summed E-state index contributed by atoms with van der Waals surface area (Å²) in [6, 6.07) is 16.7. The van der Waals surface area contributed by atoms with Crippen LogP contribution in [-0.2, 0) is 0 Å². The Hall–Kier alpha value is -2.33. The summed E-state index contributed by atoms with van der Waals surface area (Å²) in [5.41, 5.74) is 1.20. The third-order valence-corrected chi connectivity index (χ3v) is 4.34. The molecule has 0 saturated carbocycles. The van der Waals surface area contributed by atoms with Gasteiger partial charge in [-0.2, -0.15) is 0 Å². The molecule has 3 nitrogen and oxygen atoms in total. The normalized spacial score (nSPS) is 10.8. The van der Waals surface area contributed by atoms with Crippen molar-refractivity contribution in [3.63, 3.8) is 0 Å². The third kappa shape index (κ3) is 3.12. The van der Waals surface area contributed by atoms with Crippen LogP contribution in [0.3, 0.4) is 0 Å². The number of carbonyl (C=O) groups excluding carboxylic acids is 1. The zero-order valence-electron chi connectivity index (χ0n) is 12.0. The van der Waals surface area contributed by atoms with Crippen LogP contribution in [0.15, 0.2) is 68.7 Å². The minimum Gasteiger partial charge on any atom is -0.422 e. The van der Waals surface area contributed by atoms with E-state index in [4.69, 9.17) is 4.42 Å². The molecule has 0 spiro atoms. The smallest absolute Gasteiger partial charge is 0.347 e. The highest BCUT2D eigenvalue weighted by Crippen LogP contribution is 2.20. The van der Waals surface area contributed by atoms with Crippen molar-refractivity contribution in [1.29, 1.82) is 0 Å². The number of hydrogen-bond donors (Lipinski definition) is 0. The second-order valence-corrected chi connectivity index (χ2v) is 6.06. The van der Waals surface area contributed by atoms with Gasteiger partial charge in [0.25, 0.3) is 0 Å². The third-order valence-electron chi connectivity index (χ3n) is 3.33. The molecule has 0 aliphatic rings. The van der Waals surface area contributed by atoms with Crippen LogP contribution in [0, 0.1) is 6.92 Å². The van der Waals surface area contributed by atoms with Crippen LogP contribution in [0.5, 0.6) is 0 Å². The number of aryl methyl sites for hydroxylation is 1. The van der Waals surface area contributed by atoms with Crippen LogP contribution in [0.4, 0.5) is 0 Å². The van der Waals surface area contributed by atoms with Gasteiger partial charge in [-0.15, -0.1) is 11.8 Å². The van der Waals surface area contributed by atoms with Gasteiger partial charge in [0.05, 0.1) is 5.75 Å². The molecule has 0 N–H and O–H groups in total. The number of benzene rings is 2. The molecular weight excluding hydrogens is 296 g/mol. The van der Waals surface area contributed by atoms with E-state index in [1.165, 1.54) is 17.3 Å². The van der Waals surface area contributed by atoms with Crippen molar-refractivity contribution >= 4 is 28.5 Å². The molecule has 0 fully saturated rings. The maximum atomic E-state index is 12.3. The molecular formula is C18H14O3S. The van der Waals surface area contributed by atoms with E-state index < -0.39 is 5.63 Å². The minimum absolute atomic E-state index is 0.110. The fourth-order valence-electron chi connectivity index (χ4n) is 2.12. The predicted molar refractivity (Wildman–Crippen MR) is 88.7 cm³/mol. The summed E-state index contributed by atoms with van der Waals surface area (Å²) in [5.74, 6) is -0.00307. The molecule has 22 heavy (non-hydrogen) atoms. The Balaban J connectivity index is 1.81. The summed E-state index contributed by atoms with van der Waals surface area (Å²) in [7, 11) is 0. The van der Waals surface area contributed by atoms with Crippen LogP contribution in [0.1, 0.15) is 15.9 Å². The van der Waals surface area contributed by atoms with Crippen LogP contribution < -0.4 is 5.63 Å². The standard InChI is InChI=1S/C18H14O3S/c1-12-6-8-14(9-7-12)22-11-16(19)15-10-13-4-2-3-5-17(13)21-18(15)20/h2-10H,11H2,1H3. The van der Waals surface area contributed by atoms with E-state index in [9.17, 15) is 9.59 Å². The number of para-hydroxylation sites is 1. The number of fused-ring (bicyclic) bond motifs is 1. The van der Waals surface area contributed by atoms with E-state index in [0.717, 1.165) is 10.3 Å². The Morgan fingerprint density at radius 3 is 2.59 bits per heavy atom. The molecule has 0 aliphatic heterocycles. The average Bonchev–Trinajstić information content (AvgIpc) is 2.53. The van der Waals surface area contributed by atoms with E-state index >= 15 is 0 Å². The molecule has 1 heterocycles. The van der Waals surface area contributed by atoms with Crippen molar-refractivity contribution in [1.82, 2.24) is 0 Å². The Kier molecular flexibility index (Phi) is 4.11. The SMILES string of the molecule is Cc1ccc(SCC(=O)c2cc3ccccc3oc2=O)cc1. The van der Waals surface area contributed by atoms with Gasteiger partial charge in [0.1, 0.15) is 11.1 Å². The predicted octanol–water partition coefficient (Wildman–Crippen LogP) is 4.08. The van der Waals surface area contributed by atoms with Gasteiger partial charge in [-0.1, -0.05) is 35.9 Å². The van der Waals surface area contributed by atoms with Gasteiger partial charge in [0.2, 0.25) is 0 Å². The van der Waals surface area contributed by atoms with E-state index in [-0.39, 0.29) is 17.1 Å². The first-order valence-corrected chi connectivity index (χ1v) is 7.87. The first kappa shape index (κ1) is 14.6. The van der Waals surface area contributed by atoms with Crippen molar-refractivity contribution in [3.8, 4) is 0 Å². The maximum Gasteiger partial charge on any atom is 0.347 e. The number of rotatable bonds is 4. The monoisotopic (exact) mass is 310 g/mol. The fraction of sp³-hybridized carbons (Fsp3) is 0.111. The van der Waals surface area contributed by atoms with Gasteiger partial charge in [-0.05, 0) is 31.2 Å². The molecule has 4 heteroatoms. The minimum atomic E-state index is -0.576. The van der Waals surface area contributed by atoms with Crippen molar-refractivity contribution in [2.75, 3.05) is 5.75 Å². The zero-order chi connectivity index (χ0) is 15.5. The highest BCUT2D eigenvalue weighted by molar-refractivity contribution is 8.00. The Bertz CT molecular complexity index is 879. The molecule has 0 radical (unpaired) electrons. The van der Waals surface area contributed by atoms with E-state index in [1.807, 2.05) is 43.3 Å². The molecule has 110 valence electrons. The van der Waals surface area contributed by atoms with E-state index in [1.54, 1.807) is 18.2 Å². The van der Waals surface area contributed by atoms with Gasteiger partial charge >= 0.3 is 5.63 Å². The molecule has 0 aliphatic carbocycles. The average molecular weight is 310 g/mol. The van der Waals surface area contributed by atoms with Gasteiger partial charge in [0.15, 0.2) is 5.78 Å². The lowest BCUT2D eigenvalue weighted by Gasteiger charge is -2.03. The lowest BCUT2D eigenvalue weighted by atomic mass is 10.1. The van der Waals surface area contributed by atoms with Crippen LogP contribution in [0.25, 0.3) is 11.0 Å². The second-order valence-electron chi connectivity index (χ2n) is 5.01. The van der Waals surface area contributed by atoms with E-state index in [2.05, 4.69) is 0 Å². The van der Waals surface area contributed by atoms with Crippen LogP contribution >= 0.6 is 11.8 Å². The molecule has 0 atom stereocenters. The Morgan fingerprint density at radius 1 is 1.09 bits per heavy atom. The van der Waals surface area contributed by atoms with Crippen molar-refractivity contribution in [3.05, 3.63) is 76.1 Å². The first-order chi connectivity index (χ1) is 10.6. The number of hydrogen-bond acceptors (Lipinski definition) is 4. The van der Waals surface area contributed by atoms with Crippen molar-refractivity contribution in [2.24, 2.45) is 0 Å². The van der Waals surface area contributed by atoms with Crippen molar-refractivity contribution in [2.45, 2.75) is 11.8 Å². The lowest BCUT2D eigenvalue weighted by Crippen LogP contribution is -2.15. The highest BCUT2D eigenvalue weighted by atomic mass is 32.2. The molecule has 0 unspecified atom stereocenters. The molecule has 2 aromatic carbocycles. The molecule has 0 bridgehead atoms. The molecule has 0 saturated heterocycles. The summed E-state index contributed by atoms with van der Waals surface area (Å²) >= 11 is 1.42. The highest BCUT2D eigenvalue weighted by Gasteiger charge is 2.13. The number of carbonyl (C=O) groups is 1. The summed E-state index contributed by atoms with van der Waals surface area (Å²) in [6.45, 7) is 2.01. The molecule has 3 aromatic rings. The number of Topliss-reactive ketones (excluding diaryl/α,β-unsaturated/α-hetero) is 1. The van der Waals surface area contributed by atoms with E-state index in [0.29, 0.717) is 5.58 Å². The topological polar surface area (TPSA) is 47.3 Å². The van der Waals surface area contributed by atoms with Gasteiger partial charge < -0.3 is 4.42 Å². The molecule has 3 rings (SSSR count). The summed E-state index contributed by atoms with van der Waals surface area (Å²) in [5, 5.41) is 0.755. The second kappa shape index (κ2) is 6.20. The quantitative estimate of drug-likeness (QED) is 0.414. The van der Waals surface area contributed by atoms with Gasteiger partial charge in [-0.25, -0.2) is 4.79 Å². The maximum absolute atomic E-state index is 12.3. The first-order valence-electron chi connectivity index (χ1n) is 6.89. The van der Waals surface area contributed by atoms with Crippen LogP contribution in [0.2, 0.25) is 0 Å². The summed E-state index contributed by atoms with van der Waals surface area (Å²) < 4.78 is 5.20. The zero-order valence-corrected chi connectivity index (χ0v) is 12.9. The summed E-state index contributed by atoms with van der Waals surface area (Å²) in [4.78, 5) is 25.2. The number of ketones is 1. The molecule has 1 aromatic heterocycles. The Labute approximate surface area is 132 Å². The van der Waals surface area contributed by atoms with Gasteiger partial charge in [-0.3, -0.25) is 4.79 Å². The lowest BCUT2D eigenvalue weighted by molar-refractivity contribution is 0.101. The Morgan fingerprint density at radius 2 is 1.82 bits per heavy atom. The van der Waals surface area contributed by atoms with Crippen molar-refractivity contribution < 1.29 is 9.21 Å². The summed E-state index contributed by atoms with van der Waals surface area (Å²) in [6.07, 6.45) is 0.